The Morgan fingerprint density at radius 3 is 2.35 bits per heavy atom. The number of hydrogen-bond donors (Lipinski definition) is 2. The highest BCUT2D eigenvalue weighted by molar-refractivity contribution is 5.76. The third kappa shape index (κ3) is 5.14. The normalized spacial score (nSPS) is 11.9. The molecule has 0 saturated heterocycles. The van der Waals surface area contributed by atoms with Gasteiger partial charge in [-0.3, -0.25) is 0 Å². The molecule has 1 aromatic heterocycles. The number of amides is 1. The van der Waals surface area contributed by atoms with E-state index in [1.165, 1.54) is 19.2 Å². The topological polar surface area (TPSA) is 91.5 Å². The molecule has 2 N–H and O–H groups in total. The lowest BCUT2D eigenvalue weighted by atomic mass is 9.99. The molecule has 0 bridgehead atoms. The van der Waals surface area contributed by atoms with Gasteiger partial charge in [0.15, 0.2) is 0 Å². The smallest absolute Gasteiger partial charge is 0.416 e. The van der Waals surface area contributed by atoms with Crippen molar-refractivity contribution in [2.45, 2.75) is 32.0 Å². The van der Waals surface area contributed by atoms with Crippen LogP contribution in [0.1, 0.15) is 25.3 Å². The molecule has 0 aliphatic heterocycles. The Hall–Kier alpha value is -3.56. The maximum absolute atomic E-state index is 12.8. The van der Waals surface area contributed by atoms with Crippen LogP contribution >= 0.6 is 0 Å². The molecule has 2 aromatic carbocycles. The Morgan fingerprint density at radius 2 is 1.74 bits per heavy atom. The molecule has 0 fully saturated rings. The number of halogens is 3. The Labute approximate surface area is 176 Å². The molecule has 7 nitrogen and oxygen atoms in total. The van der Waals surface area contributed by atoms with E-state index in [9.17, 15) is 23.1 Å². The summed E-state index contributed by atoms with van der Waals surface area (Å²) in [5, 5.41) is 20.3. The zero-order chi connectivity index (χ0) is 22.8. The van der Waals surface area contributed by atoms with Crippen LogP contribution in [-0.2, 0) is 12.6 Å². The highest BCUT2D eigenvalue weighted by atomic mass is 19.4. The number of benzene rings is 2. The molecule has 3 aromatic rings. The molecule has 0 spiro atoms. The van der Waals surface area contributed by atoms with Crippen molar-refractivity contribution in [3.8, 4) is 11.5 Å². The molecule has 31 heavy (non-hydrogen) atoms. The van der Waals surface area contributed by atoms with Gasteiger partial charge in [0.1, 0.15) is 0 Å². The fraction of sp³-hybridized carbons (Fsp3) is 0.286. The standard InChI is InChI=1S/C21H21F3N4O3/c1-20(2,28(3)19(29)30)12-17-26-27-18(31-17)15-6-4-5-7-16(15)25-14-10-8-13(9-11-14)21(22,23)24/h4-11,25H,12H2,1-3H3,(H,29,30). The second-order valence-electron chi connectivity index (χ2n) is 7.58. The van der Waals surface area contributed by atoms with Gasteiger partial charge in [0.2, 0.25) is 11.8 Å². The molecule has 1 heterocycles. The third-order valence-electron chi connectivity index (χ3n) is 4.89. The molecule has 3 rings (SSSR count). The maximum atomic E-state index is 12.8. The Bertz CT molecular complexity index is 1060. The van der Waals surface area contributed by atoms with Crippen molar-refractivity contribution in [1.29, 1.82) is 0 Å². The number of rotatable bonds is 6. The number of likely N-dealkylation sites (N-methyl/N-ethyl adjacent to an activating group) is 1. The van der Waals surface area contributed by atoms with Gasteiger partial charge in [0, 0.05) is 24.7 Å². The highest BCUT2D eigenvalue weighted by Crippen LogP contribution is 2.33. The molecule has 0 saturated carbocycles. The van der Waals surface area contributed by atoms with E-state index >= 15 is 0 Å². The summed E-state index contributed by atoms with van der Waals surface area (Å²) in [5.74, 6) is 0.469. The van der Waals surface area contributed by atoms with Gasteiger partial charge in [-0.05, 0) is 50.2 Å². The average molecular weight is 434 g/mol. The Kier molecular flexibility index (Phi) is 5.92. The van der Waals surface area contributed by atoms with Crippen molar-refractivity contribution in [1.82, 2.24) is 15.1 Å². The van der Waals surface area contributed by atoms with Gasteiger partial charge in [0.05, 0.1) is 16.8 Å². The van der Waals surface area contributed by atoms with Crippen LogP contribution < -0.4 is 5.32 Å². The van der Waals surface area contributed by atoms with Crippen molar-refractivity contribution >= 4 is 17.5 Å². The van der Waals surface area contributed by atoms with Crippen LogP contribution in [0.15, 0.2) is 52.9 Å². The molecule has 0 aliphatic rings. The van der Waals surface area contributed by atoms with Crippen molar-refractivity contribution in [2.75, 3.05) is 12.4 Å². The van der Waals surface area contributed by atoms with Crippen LogP contribution in [0.5, 0.6) is 0 Å². The van der Waals surface area contributed by atoms with Gasteiger partial charge in [-0.25, -0.2) is 4.79 Å². The van der Waals surface area contributed by atoms with E-state index in [1.54, 1.807) is 38.1 Å². The Balaban J connectivity index is 1.82. The van der Waals surface area contributed by atoms with Crippen LogP contribution in [0.25, 0.3) is 11.5 Å². The summed E-state index contributed by atoms with van der Waals surface area (Å²) < 4.78 is 44.0. The monoisotopic (exact) mass is 434 g/mol. The SMILES string of the molecule is CN(C(=O)O)C(C)(C)Cc1nnc(-c2ccccc2Nc2ccc(C(F)(F)F)cc2)o1. The van der Waals surface area contributed by atoms with E-state index < -0.39 is 23.4 Å². The van der Waals surface area contributed by atoms with Gasteiger partial charge in [-0.15, -0.1) is 10.2 Å². The first-order chi connectivity index (χ1) is 14.5. The zero-order valence-electron chi connectivity index (χ0n) is 17.1. The molecule has 10 heteroatoms. The predicted molar refractivity (Wildman–Crippen MR) is 108 cm³/mol. The number of para-hydroxylation sites is 1. The molecule has 0 atom stereocenters. The van der Waals surface area contributed by atoms with E-state index in [0.29, 0.717) is 16.9 Å². The number of hydrogen-bond acceptors (Lipinski definition) is 5. The minimum Gasteiger partial charge on any atom is -0.465 e. The van der Waals surface area contributed by atoms with E-state index in [-0.39, 0.29) is 18.2 Å². The van der Waals surface area contributed by atoms with E-state index in [2.05, 4.69) is 15.5 Å². The lowest BCUT2D eigenvalue weighted by molar-refractivity contribution is -0.137. The molecule has 0 unspecified atom stereocenters. The fourth-order valence-electron chi connectivity index (χ4n) is 2.86. The molecular formula is C21H21F3N4O3. The van der Waals surface area contributed by atoms with Crippen molar-refractivity contribution < 1.29 is 27.5 Å². The second kappa shape index (κ2) is 8.29. The summed E-state index contributed by atoms with van der Waals surface area (Å²) in [5.41, 5.74) is 0.0873. The third-order valence-corrected chi connectivity index (χ3v) is 4.89. The highest BCUT2D eigenvalue weighted by Gasteiger charge is 2.31. The lowest BCUT2D eigenvalue weighted by Gasteiger charge is -2.32. The van der Waals surface area contributed by atoms with Crippen LogP contribution in [0.2, 0.25) is 0 Å². The summed E-state index contributed by atoms with van der Waals surface area (Å²) in [6.07, 6.45) is -5.27. The molecule has 0 radical (unpaired) electrons. The van der Waals surface area contributed by atoms with Crippen LogP contribution in [0, 0.1) is 0 Å². The first kappa shape index (κ1) is 22.1. The predicted octanol–water partition coefficient (Wildman–Crippen LogP) is 5.43. The zero-order valence-corrected chi connectivity index (χ0v) is 17.1. The van der Waals surface area contributed by atoms with E-state index in [4.69, 9.17) is 4.42 Å². The van der Waals surface area contributed by atoms with Crippen LogP contribution in [0.3, 0.4) is 0 Å². The quantitative estimate of drug-likeness (QED) is 0.538. The Morgan fingerprint density at radius 1 is 1.10 bits per heavy atom. The fourth-order valence-corrected chi connectivity index (χ4v) is 2.86. The first-order valence-electron chi connectivity index (χ1n) is 9.30. The summed E-state index contributed by atoms with van der Waals surface area (Å²) in [7, 11) is 1.46. The maximum Gasteiger partial charge on any atom is 0.416 e. The summed E-state index contributed by atoms with van der Waals surface area (Å²) >= 11 is 0. The van der Waals surface area contributed by atoms with Crippen molar-refractivity contribution in [3.05, 3.63) is 60.0 Å². The number of carbonyl (C=O) groups is 1. The second-order valence-corrected chi connectivity index (χ2v) is 7.58. The number of alkyl halides is 3. The van der Waals surface area contributed by atoms with Gasteiger partial charge < -0.3 is 19.7 Å². The summed E-state index contributed by atoms with van der Waals surface area (Å²) in [6.45, 7) is 3.48. The minimum atomic E-state index is -4.40. The van der Waals surface area contributed by atoms with Crippen LogP contribution in [-0.4, -0.2) is 38.9 Å². The van der Waals surface area contributed by atoms with Crippen molar-refractivity contribution in [3.63, 3.8) is 0 Å². The summed E-state index contributed by atoms with van der Waals surface area (Å²) in [6, 6.07) is 11.7. The number of anilines is 2. The van der Waals surface area contributed by atoms with E-state index in [1.807, 2.05) is 0 Å². The number of carboxylic acid groups (broad SMARTS) is 1. The largest absolute Gasteiger partial charge is 0.465 e. The van der Waals surface area contributed by atoms with Gasteiger partial charge in [0.25, 0.3) is 0 Å². The molecule has 1 amide bonds. The van der Waals surface area contributed by atoms with Gasteiger partial charge >= 0.3 is 12.3 Å². The number of nitrogens with one attached hydrogen (secondary N) is 1. The number of aromatic nitrogens is 2. The molecular weight excluding hydrogens is 413 g/mol. The van der Waals surface area contributed by atoms with Crippen molar-refractivity contribution in [2.24, 2.45) is 0 Å². The van der Waals surface area contributed by atoms with Gasteiger partial charge in [-0.1, -0.05) is 12.1 Å². The molecule has 0 aliphatic carbocycles. The lowest BCUT2D eigenvalue weighted by Crippen LogP contribution is -2.46. The first-order valence-corrected chi connectivity index (χ1v) is 9.30. The molecule has 164 valence electrons. The van der Waals surface area contributed by atoms with E-state index in [0.717, 1.165) is 17.0 Å². The summed E-state index contributed by atoms with van der Waals surface area (Å²) in [4.78, 5) is 12.4. The van der Waals surface area contributed by atoms with Gasteiger partial charge in [-0.2, -0.15) is 13.2 Å². The minimum absolute atomic E-state index is 0.206. The van der Waals surface area contributed by atoms with Crippen LogP contribution in [0.4, 0.5) is 29.3 Å². The average Bonchev–Trinajstić information content (AvgIpc) is 3.15. The number of nitrogens with zero attached hydrogens (tertiary/aromatic N) is 3.